The molecule has 6 heteroatoms. The van der Waals surface area contributed by atoms with Crippen LogP contribution in [0.4, 0.5) is 5.82 Å². The van der Waals surface area contributed by atoms with Crippen LogP contribution in [0.1, 0.15) is 13.8 Å². The molecule has 0 aliphatic carbocycles. The zero-order valence-electron chi connectivity index (χ0n) is 12.3. The highest BCUT2D eigenvalue weighted by atomic mass is 35.5. The van der Waals surface area contributed by atoms with Crippen molar-refractivity contribution in [1.82, 2.24) is 14.7 Å². The molecular weight excluding hydrogens is 307 g/mol. The van der Waals surface area contributed by atoms with Crippen LogP contribution in [0.3, 0.4) is 0 Å². The van der Waals surface area contributed by atoms with Crippen LogP contribution in [0, 0.1) is 0 Å². The van der Waals surface area contributed by atoms with Crippen LogP contribution in [0.2, 0.25) is 10.0 Å². The quantitative estimate of drug-likeness (QED) is 0.836. The van der Waals surface area contributed by atoms with Crippen molar-refractivity contribution >= 4 is 29.0 Å². The number of nitrogens with one attached hydrogen (secondary N) is 1. The van der Waals surface area contributed by atoms with Crippen LogP contribution in [-0.2, 0) is 0 Å². The summed E-state index contributed by atoms with van der Waals surface area (Å²) in [5.74, 6) is 0.841. The van der Waals surface area contributed by atoms with Gasteiger partial charge in [-0.2, -0.15) is 5.10 Å². The van der Waals surface area contributed by atoms with Crippen molar-refractivity contribution in [3.8, 4) is 5.69 Å². The van der Waals surface area contributed by atoms with Gasteiger partial charge in [0.25, 0.3) is 0 Å². The third kappa shape index (κ3) is 4.37. The van der Waals surface area contributed by atoms with Gasteiger partial charge in [-0.3, -0.25) is 0 Å². The maximum Gasteiger partial charge on any atom is 0.148 e. The number of rotatable bonds is 7. The van der Waals surface area contributed by atoms with E-state index < -0.39 is 0 Å². The summed E-state index contributed by atoms with van der Waals surface area (Å²) < 4.78 is 1.75. The molecule has 0 saturated carbocycles. The van der Waals surface area contributed by atoms with E-state index in [1.54, 1.807) is 16.8 Å². The minimum atomic E-state index is 0.584. The highest BCUT2D eigenvalue weighted by Gasteiger charge is 2.06. The van der Waals surface area contributed by atoms with E-state index in [2.05, 4.69) is 29.2 Å². The Morgan fingerprint density at radius 1 is 1.19 bits per heavy atom. The van der Waals surface area contributed by atoms with Gasteiger partial charge in [0.15, 0.2) is 0 Å². The van der Waals surface area contributed by atoms with Gasteiger partial charge >= 0.3 is 0 Å². The third-order valence-corrected chi connectivity index (χ3v) is 3.91. The average Bonchev–Trinajstić information content (AvgIpc) is 2.92. The van der Waals surface area contributed by atoms with E-state index in [1.807, 2.05) is 18.3 Å². The average molecular weight is 327 g/mol. The van der Waals surface area contributed by atoms with Crippen molar-refractivity contribution in [1.29, 1.82) is 0 Å². The fraction of sp³-hybridized carbons (Fsp3) is 0.400. The number of likely N-dealkylation sites (N-methyl/N-ethyl adjacent to an activating group) is 1. The molecule has 114 valence electrons. The molecule has 0 spiro atoms. The first-order valence-electron chi connectivity index (χ1n) is 7.11. The largest absolute Gasteiger partial charge is 0.367 e. The standard InChI is InChI=1S/C15H20Cl2N4/c1-3-20(4-2)10-8-18-15-7-9-21(19-15)14-6-5-12(16)11-13(14)17/h5-7,9,11H,3-4,8,10H2,1-2H3,(H,18,19). The molecule has 1 N–H and O–H groups in total. The minimum Gasteiger partial charge on any atom is -0.367 e. The van der Waals surface area contributed by atoms with Crippen molar-refractivity contribution in [2.24, 2.45) is 0 Å². The molecule has 0 fully saturated rings. The van der Waals surface area contributed by atoms with E-state index in [4.69, 9.17) is 23.2 Å². The number of hydrogen-bond donors (Lipinski definition) is 1. The molecular formula is C15H20Cl2N4. The molecule has 0 amide bonds. The minimum absolute atomic E-state index is 0.584. The molecule has 0 unspecified atom stereocenters. The van der Waals surface area contributed by atoms with E-state index in [1.165, 1.54) is 0 Å². The van der Waals surface area contributed by atoms with Crippen LogP contribution in [0.15, 0.2) is 30.5 Å². The highest BCUT2D eigenvalue weighted by molar-refractivity contribution is 6.35. The number of halogens is 2. The Morgan fingerprint density at radius 3 is 2.62 bits per heavy atom. The Morgan fingerprint density at radius 2 is 1.95 bits per heavy atom. The molecule has 21 heavy (non-hydrogen) atoms. The molecule has 0 saturated heterocycles. The van der Waals surface area contributed by atoms with Gasteiger partial charge in [0.05, 0.1) is 10.7 Å². The van der Waals surface area contributed by atoms with Gasteiger partial charge in [0.1, 0.15) is 5.82 Å². The summed E-state index contributed by atoms with van der Waals surface area (Å²) in [4.78, 5) is 2.36. The lowest BCUT2D eigenvalue weighted by atomic mass is 10.3. The maximum absolute atomic E-state index is 6.18. The van der Waals surface area contributed by atoms with Crippen LogP contribution < -0.4 is 5.32 Å². The zero-order chi connectivity index (χ0) is 15.2. The Bertz CT molecular complexity index is 579. The molecule has 2 rings (SSSR count). The van der Waals surface area contributed by atoms with Crippen LogP contribution >= 0.6 is 23.2 Å². The second kappa shape index (κ2) is 7.69. The molecule has 0 bridgehead atoms. The zero-order valence-corrected chi connectivity index (χ0v) is 13.8. The monoisotopic (exact) mass is 326 g/mol. The van der Waals surface area contributed by atoms with Gasteiger partial charge in [-0.05, 0) is 31.3 Å². The number of benzene rings is 1. The lowest BCUT2D eigenvalue weighted by Crippen LogP contribution is -2.28. The molecule has 2 aromatic rings. The van der Waals surface area contributed by atoms with E-state index in [-0.39, 0.29) is 0 Å². The second-order valence-corrected chi connectivity index (χ2v) is 5.54. The van der Waals surface area contributed by atoms with Gasteiger partial charge in [-0.25, -0.2) is 4.68 Å². The van der Waals surface area contributed by atoms with E-state index >= 15 is 0 Å². The number of anilines is 1. The Hall–Kier alpha value is -1.23. The number of nitrogens with zero attached hydrogens (tertiary/aromatic N) is 3. The van der Waals surface area contributed by atoms with Crippen molar-refractivity contribution in [2.45, 2.75) is 13.8 Å². The Labute approximate surface area is 135 Å². The Balaban J connectivity index is 1.98. The summed E-state index contributed by atoms with van der Waals surface area (Å²) in [5, 5.41) is 9.00. The highest BCUT2D eigenvalue weighted by Crippen LogP contribution is 2.24. The fourth-order valence-corrected chi connectivity index (χ4v) is 2.60. The fourth-order valence-electron chi connectivity index (χ4n) is 2.10. The first-order chi connectivity index (χ1) is 10.1. The van der Waals surface area contributed by atoms with Gasteiger partial charge in [0, 0.05) is 30.4 Å². The predicted molar refractivity (Wildman–Crippen MR) is 89.9 cm³/mol. The molecule has 1 aromatic carbocycles. The predicted octanol–water partition coefficient (Wildman–Crippen LogP) is 3.93. The molecule has 0 atom stereocenters. The number of aromatic nitrogens is 2. The van der Waals surface area contributed by atoms with Crippen LogP contribution in [0.5, 0.6) is 0 Å². The normalized spacial score (nSPS) is 11.1. The topological polar surface area (TPSA) is 33.1 Å². The SMILES string of the molecule is CCN(CC)CCNc1ccn(-c2ccc(Cl)cc2Cl)n1. The summed E-state index contributed by atoms with van der Waals surface area (Å²) >= 11 is 12.1. The van der Waals surface area contributed by atoms with Gasteiger partial charge in [0.2, 0.25) is 0 Å². The molecule has 1 aromatic heterocycles. The van der Waals surface area contributed by atoms with E-state index in [0.717, 1.165) is 37.7 Å². The van der Waals surface area contributed by atoms with Gasteiger partial charge in [-0.15, -0.1) is 0 Å². The summed E-state index contributed by atoms with van der Waals surface area (Å²) in [7, 11) is 0. The lowest BCUT2D eigenvalue weighted by molar-refractivity contribution is 0.316. The van der Waals surface area contributed by atoms with E-state index in [0.29, 0.717) is 10.0 Å². The van der Waals surface area contributed by atoms with Crippen molar-refractivity contribution in [3.05, 3.63) is 40.5 Å². The van der Waals surface area contributed by atoms with Crippen LogP contribution in [0.25, 0.3) is 5.69 Å². The first-order valence-corrected chi connectivity index (χ1v) is 7.87. The summed E-state index contributed by atoms with van der Waals surface area (Å²) in [6, 6.07) is 7.32. The molecule has 0 aliphatic rings. The summed E-state index contributed by atoms with van der Waals surface area (Å²) in [6.07, 6.45) is 1.88. The van der Waals surface area contributed by atoms with Crippen molar-refractivity contribution in [3.63, 3.8) is 0 Å². The maximum atomic E-state index is 6.18. The van der Waals surface area contributed by atoms with Crippen molar-refractivity contribution < 1.29 is 0 Å². The molecule has 1 heterocycles. The Kier molecular flexibility index (Phi) is 5.91. The summed E-state index contributed by atoms with van der Waals surface area (Å²) in [6.45, 7) is 8.33. The van der Waals surface area contributed by atoms with Crippen LogP contribution in [-0.4, -0.2) is 40.9 Å². The summed E-state index contributed by atoms with van der Waals surface area (Å²) in [5.41, 5.74) is 0.817. The smallest absolute Gasteiger partial charge is 0.148 e. The molecule has 4 nitrogen and oxygen atoms in total. The number of hydrogen-bond acceptors (Lipinski definition) is 3. The van der Waals surface area contributed by atoms with Gasteiger partial charge in [-0.1, -0.05) is 37.0 Å². The second-order valence-electron chi connectivity index (χ2n) is 4.69. The first kappa shape index (κ1) is 16.1. The van der Waals surface area contributed by atoms with Gasteiger partial charge < -0.3 is 10.2 Å². The molecule has 0 radical (unpaired) electrons. The molecule has 0 aliphatic heterocycles. The van der Waals surface area contributed by atoms with Crippen molar-refractivity contribution in [2.75, 3.05) is 31.5 Å². The lowest BCUT2D eigenvalue weighted by Gasteiger charge is -2.17. The third-order valence-electron chi connectivity index (χ3n) is 3.37. The van der Waals surface area contributed by atoms with E-state index in [9.17, 15) is 0 Å².